The Hall–Kier alpha value is -2.15. The second kappa shape index (κ2) is 5.87. The third-order valence-corrected chi connectivity index (χ3v) is 3.35. The van der Waals surface area contributed by atoms with Crippen LogP contribution in [0.1, 0.15) is 12.0 Å². The van der Waals surface area contributed by atoms with Crippen LogP contribution in [0.25, 0.3) is 0 Å². The van der Waals surface area contributed by atoms with Gasteiger partial charge in [0.25, 0.3) is 5.69 Å². The van der Waals surface area contributed by atoms with Gasteiger partial charge in [0.1, 0.15) is 5.69 Å². The minimum atomic E-state index is -0.396. The molecular weight excluding hydrogens is 260 g/mol. The monoisotopic (exact) mass is 278 g/mol. The smallest absolute Gasteiger partial charge is 0.292 e. The van der Waals surface area contributed by atoms with Crippen LogP contribution in [0.3, 0.4) is 0 Å². The van der Waals surface area contributed by atoms with Crippen molar-refractivity contribution in [2.75, 3.05) is 37.4 Å². The maximum atomic E-state index is 11.4. The van der Waals surface area contributed by atoms with E-state index in [0.717, 1.165) is 13.0 Å². The van der Waals surface area contributed by atoms with E-state index in [-0.39, 0.29) is 18.0 Å². The second-order valence-corrected chi connectivity index (χ2v) is 4.86. The van der Waals surface area contributed by atoms with E-state index in [2.05, 4.69) is 10.6 Å². The fraction of sp³-hybridized carbons (Fsp3) is 0.462. The maximum Gasteiger partial charge on any atom is 0.292 e. The van der Waals surface area contributed by atoms with Gasteiger partial charge in [-0.15, -0.1) is 0 Å². The summed E-state index contributed by atoms with van der Waals surface area (Å²) < 4.78 is 0. The highest BCUT2D eigenvalue weighted by Gasteiger charge is 2.25. The van der Waals surface area contributed by atoms with Crippen LogP contribution in [0.4, 0.5) is 17.1 Å². The molecule has 0 radical (unpaired) electrons. The van der Waals surface area contributed by atoms with Crippen LogP contribution >= 0.6 is 0 Å². The number of fused-ring (bicyclic) bond motifs is 1. The minimum Gasteiger partial charge on any atom is -0.369 e. The number of nitro benzene ring substituents is 1. The molecule has 0 spiro atoms. The molecular formula is C13H18N4O3. The minimum absolute atomic E-state index is 0.0483. The lowest BCUT2D eigenvalue weighted by molar-refractivity contribution is -0.384. The van der Waals surface area contributed by atoms with Gasteiger partial charge in [-0.25, -0.2) is 0 Å². The van der Waals surface area contributed by atoms with Crippen LogP contribution < -0.4 is 15.5 Å². The van der Waals surface area contributed by atoms with Crippen molar-refractivity contribution in [1.29, 1.82) is 0 Å². The summed E-state index contributed by atoms with van der Waals surface area (Å²) in [6, 6.07) is 3.19. The third kappa shape index (κ3) is 2.88. The number of anilines is 2. The summed E-state index contributed by atoms with van der Waals surface area (Å²) in [5, 5.41) is 17.0. The van der Waals surface area contributed by atoms with Gasteiger partial charge in [0, 0.05) is 25.3 Å². The fourth-order valence-electron chi connectivity index (χ4n) is 2.32. The van der Waals surface area contributed by atoms with Crippen LogP contribution in [0.2, 0.25) is 0 Å². The van der Waals surface area contributed by atoms with Gasteiger partial charge in [0.2, 0.25) is 5.91 Å². The van der Waals surface area contributed by atoms with E-state index in [0.29, 0.717) is 23.5 Å². The Morgan fingerprint density at radius 3 is 2.90 bits per heavy atom. The quantitative estimate of drug-likeness (QED) is 0.463. The lowest BCUT2D eigenvalue weighted by Crippen LogP contribution is -2.23. The molecule has 2 rings (SSSR count). The average Bonchev–Trinajstić information content (AvgIpc) is 2.76. The van der Waals surface area contributed by atoms with E-state index >= 15 is 0 Å². The van der Waals surface area contributed by atoms with E-state index in [4.69, 9.17) is 0 Å². The van der Waals surface area contributed by atoms with Crippen LogP contribution in [-0.4, -0.2) is 38.0 Å². The SMILES string of the molecule is CNCCCN(C)c1cc2c(cc1[N+](=O)[O-])CC(=O)N2. The summed E-state index contributed by atoms with van der Waals surface area (Å²) in [5.41, 5.74) is 1.95. The molecule has 1 heterocycles. The largest absolute Gasteiger partial charge is 0.369 e. The lowest BCUT2D eigenvalue weighted by Gasteiger charge is -2.20. The van der Waals surface area contributed by atoms with Gasteiger partial charge >= 0.3 is 0 Å². The Labute approximate surface area is 117 Å². The van der Waals surface area contributed by atoms with Crippen molar-refractivity contribution < 1.29 is 9.72 Å². The fourth-order valence-corrected chi connectivity index (χ4v) is 2.32. The second-order valence-electron chi connectivity index (χ2n) is 4.86. The first-order valence-corrected chi connectivity index (χ1v) is 6.50. The van der Waals surface area contributed by atoms with Crippen LogP contribution in [0.5, 0.6) is 0 Å². The summed E-state index contributed by atoms with van der Waals surface area (Å²) in [6.07, 6.45) is 1.09. The average molecular weight is 278 g/mol. The van der Waals surface area contributed by atoms with Crippen molar-refractivity contribution in [1.82, 2.24) is 5.32 Å². The summed E-state index contributed by atoms with van der Waals surface area (Å²) >= 11 is 0. The van der Waals surface area contributed by atoms with Crippen molar-refractivity contribution in [3.05, 3.63) is 27.8 Å². The molecule has 0 saturated heterocycles. The summed E-state index contributed by atoms with van der Waals surface area (Å²) in [7, 11) is 3.69. The van der Waals surface area contributed by atoms with Gasteiger partial charge < -0.3 is 15.5 Å². The van der Waals surface area contributed by atoms with Gasteiger partial charge in [-0.05, 0) is 31.6 Å². The number of carbonyl (C=O) groups is 1. The number of hydrogen-bond acceptors (Lipinski definition) is 5. The molecule has 0 saturated carbocycles. The van der Waals surface area contributed by atoms with E-state index in [9.17, 15) is 14.9 Å². The number of nitrogens with zero attached hydrogens (tertiary/aromatic N) is 2. The first kappa shape index (κ1) is 14.3. The van der Waals surface area contributed by atoms with Crippen LogP contribution in [0, 0.1) is 10.1 Å². The lowest BCUT2D eigenvalue weighted by atomic mass is 10.1. The van der Waals surface area contributed by atoms with Gasteiger partial charge in [-0.3, -0.25) is 14.9 Å². The topological polar surface area (TPSA) is 87.5 Å². The van der Waals surface area contributed by atoms with E-state index in [1.54, 1.807) is 6.07 Å². The van der Waals surface area contributed by atoms with E-state index in [1.807, 2.05) is 19.0 Å². The molecule has 0 aromatic heterocycles. The van der Waals surface area contributed by atoms with Gasteiger partial charge in [-0.2, -0.15) is 0 Å². The molecule has 0 aliphatic carbocycles. The molecule has 2 N–H and O–H groups in total. The van der Waals surface area contributed by atoms with Crippen molar-refractivity contribution in [2.45, 2.75) is 12.8 Å². The number of nitrogens with one attached hydrogen (secondary N) is 2. The Kier molecular flexibility index (Phi) is 4.19. The van der Waals surface area contributed by atoms with Crippen molar-refractivity contribution in [3.8, 4) is 0 Å². The molecule has 7 heteroatoms. The summed E-state index contributed by atoms with van der Waals surface area (Å²) in [5.74, 6) is -0.121. The van der Waals surface area contributed by atoms with E-state index < -0.39 is 4.92 Å². The predicted molar refractivity (Wildman–Crippen MR) is 77.2 cm³/mol. The number of hydrogen-bond donors (Lipinski definition) is 2. The Morgan fingerprint density at radius 2 is 2.25 bits per heavy atom. The van der Waals surface area contributed by atoms with Crippen LogP contribution in [0.15, 0.2) is 12.1 Å². The Bertz CT molecular complexity index is 545. The molecule has 0 bridgehead atoms. The van der Waals surface area contributed by atoms with E-state index in [1.165, 1.54) is 6.07 Å². The molecule has 1 aliphatic heterocycles. The summed E-state index contributed by atoms with van der Waals surface area (Å²) in [4.78, 5) is 24.0. The molecule has 1 aliphatic rings. The first-order valence-electron chi connectivity index (χ1n) is 6.50. The van der Waals surface area contributed by atoms with Gasteiger partial charge in [0.05, 0.1) is 11.3 Å². The maximum absolute atomic E-state index is 11.4. The molecule has 1 aromatic carbocycles. The molecule has 0 fully saturated rings. The number of rotatable bonds is 6. The molecule has 7 nitrogen and oxygen atoms in total. The standard InChI is InChI=1S/C13H18N4O3/c1-14-4-3-5-16(2)11-8-10-9(7-13(18)15-10)6-12(11)17(19)20/h6,8,14H,3-5,7H2,1-2H3,(H,15,18). The molecule has 0 atom stereocenters. The third-order valence-electron chi connectivity index (χ3n) is 3.35. The number of carbonyl (C=O) groups excluding carboxylic acids is 1. The van der Waals surface area contributed by atoms with Crippen molar-refractivity contribution >= 4 is 23.0 Å². The number of amides is 1. The first-order chi connectivity index (χ1) is 9.52. The Balaban J connectivity index is 2.29. The molecule has 20 heavy (non-hydrogen) atoms. The highest BCUT2D eigenvalue weighted by Crippen LogP contribution is 2.36. The molecule has 108 valence electrons. The van der Waals surface area contributed by atoms with Gasteiger partial charge in [0.15, 0.2) is 0 Å². The Morgan fingerprint density at radius 1 is 1.50 bits per heavy atom. The van der Waals surface area contributed by atoms with Crippen molar-refractivity contribution in [2.24, 2.45) is 0 Å². The van der Waals surface area contributed by atoms with Crippen molar-refractivity contribution in [3.63, 3.8) is 0 Å². The molecule has 1 aromatic rings. The zero-order valence-corrected chi connectivity index (χ0v) is 11.6. The number of benzene rings is 1. The normalized spacial score (nSPS) is 13.0. The highest BCUT2D eigenvalue weighted by atomic mass is 16.6. The van der Waals surface area contributed by atoms with Gasteiger partial charge in [-0.1, -0.05) is 0 Å². The van der Waals surface area contributed by atoms with Crippen LogP contribution in [-0.2, 0) is 11.2 Å². The predicted octanol–water partition coefficient (Wildman–Crippen LogP) is 1.14. The molecule has 0 unspecified atom stereocenters. The zero-order valence-electron chi connectivity index (χ0n) is 11.6. The number of nitro groups is 1. The highest BCUT2D eigenvalue weighted by molar-refractivity contribution is 6.00. The summed E-state index contributed by atoms with van der Waals surface area (Å²) in [6.45, 7) is 1.55. The molecule has 1 amide bonds. The zero-order chi connectivity index (χ0) is 14.7.